The van der Waals surface area contributed by atoms with Crippen LogP contribution in [-0.2, 0) is 0 Å². The van der Waals surface area contributed by atoms with Gasteiger partial charge in [0.15, 0.2) is 5.69 Å². The second kappa shape index (κ2) is 2.92. The number of rotatable bonds is 2. The van der Waals surface area contributed by atoms with Crippen LogP contribution in [0.3, 0.4) is 0 Å². The normalized spacial score (nSPS) is 9.09. The molecule has 11 heavy (non-hydrogen) atoms. The van der Waals surface area contributed by atoms with Crippen LogP contribution < -0.4 is 11.1 Å². The highest BCUT2D eigenvalue weighted by molar-refractivity contribution is 5.91. The third-order valence-corrected chi connectivity index (χ3v) is 1.22. The van der Waals surface area contributed by atoms with Crippen molar-refractivity contribution in [3.63, 3.8) is 0 Å². The van der Waals surface area contributed by atoms with Crippen molar-refractivity contribution < 1.29 is 5.41 Å². The van der Waals surface area contributed by atoms with E-state index in [2.05, 4.69) is 16.7 Å². The van der Waals surface area contributed by atoms with Crippen LogP contribution in [0.2, 0.25) is 0 Å². The molecule has 0 aliphatic carbocycles. The molecule has 0 spiro atoms. The second-order valence-corrected chi connectivity index (χ2v) is 2.01. The van der Waals surface area contributed by atoms with E-state index in [4.69, 9.17) is 11.1 Å². The minimum Gasteiger partial charge on any atom is -0.286 e. The van der Waals surface area contributed by atoms with Crippen LogP contribution in [-0.4, -0.2) is 17.5 Å². The van der Waals surface area contributed by atoms with Crippen LogP contribution in [0, 0.1) is 0 Å². The highest BCUT2D eigenvalue weighted by Crippen LogP contribution is 2.09. The van der Waals surface area contributed by atoms with E-state index in [0.717, 1.165) is 0 Å². The molecule has 0 bridgehead atoms. The topological polar surface area (TPSA) is 76.9 Å². The molecule has 1 heterocycles. The lowest BCUT2D eigenvalue weighted by molar-refractivity contribution is -0.114. The summed E-state index contributed by atoms with van der Waals surface area (Å²) in [5.74, 6) is 0.190. The van der Waals surface area contributed by atoms with Crippen LogP contribution in [0.5, 0.6) is 0 Å². The Morgan fingerprint density at radius 3 is 3.00 bits per heavy atom. The molecule has 0 aliphatic heterocycles. The summed E-state index contributed by atoms with van der Waals surface area (Å²) >= 11 is 0. The lowest BCUT2D eigenvalue weighted by Crippen LogP contribution is -2.46. The summed E-state index contributed by atoms with van der Waals surface area (Å²) in [7, 11) is 0. The predicted octanol–water partition coefficient (Wildman–Crippen LogP) is -1.12. The molecular weight excluding hydrogens is 140 g/mol. The molecule has 56 valence electrons. The minimum atomic E-state index is 0.190. The molecular formula is C7H9N4+. The molecule has 1 rings (SSSR count). The SMILES string of the molecule is C=Nc1ccnc(C(N)=[NH2+])c1. The molecule has 0 unspecified atom stereocenters. The third-order valence-electron chi connectivity index (χ3n) is 1.22. The number of pyridine rings is 1. The van der Waals surface area contributed by atoms with Crippen LogP contribution >= 0.6 is 0 Å². The Labute approximate surface area is 64.3 Å². The van der Waals surface area contributed by atoms with Gasteiger partial charge in [-0.25, -0.2) is 4.98 Å². The van der Waals surface area contributed by atoms with E-state index in [1.54, 1.807) is 18.3 Å². The standard InChI is InChI=1S/C7H8N4/c1-10-5-2-3-11-6(4-5)7(8)9/h2-4H,1H2,(H3,8,9)/p+1. The molecule has 1 aromatic rings. The molecule has 4 heteroatoms. The second-order valence-electron chi connectivity index (χ2n) is 2.01. The first-order chi connectivity index (χ1) is 5.24. The summed E-state index contributed by atoms with van der Waals surface area (Å²) < 4.78 is 0. The fourth-order valence-electron chi connectivity index (χ4n) is 0.676. The van der Waals surface area contributed by atoms with E-state index in [1.165, 1.54) is 0 Å². The van der Waals surface area contributed by atoms with Gasteiger partial charge in [-0.1, -0.05) is 0 Å². The number of amidine groups is 1. The number of nitrogens with two attached hydrogens (primary N) is 2. The van der Waals surface area contributed by atoms with Crippen molar-refractivity contribution in [2.45, 2.75) is 0 Å². The van der Waals surface area contributed by atoms with Crippen LogP contribution in [0.4, 0.5) is 5.69 Å². The number of nitrogens with zero attached hydrogens (tertiary/aromatic N) is 2. The quantitative estimate of drug-likeness (QED) is 0.412. The first-order valence-electron chi connectivity index (χ1n) is 3.05. The van der Waals surface area contributed by atoms with Crippen LogP contribution in [0.25, 0.3) is 0 Å². The predicted molar refractivity (Wildman–Crippen MR) is 43.7 cm³/mol. The summed E-state index contributed by atoms with van der Waals surface area (Å²) in [4.78, 5) is 7.61. The Balaban J connectivity index is 3.10. The van der Waals surface area contributed by atoms with Crippen molar-refractivity contribution in [3.05, 3.63) is 24.0 Å². The Morgan fingerprint density at radius 1 is 1.73 bits per heavy atom. The maximum atomic E-state index is 5.31. The Morgan fingerprint density at radius 2 is 2.45 bits per heavy atom. The van der Waals surface area contributed by atoms with Crippen molar-refractivity contribution >= 4 is 18.2 Å². The number of aromatic nitrogens is 1. The fourth-order valence-corrected chi connectivity index (χ4v) is 0.676. The zero-order valence-corrected chi connectivity index (χ0v) is 5.99. The third kappa shape index (κ3) is 1.61. The fraction of sp³-hybridized carbons (Fsp3) is 0. The van der Waals surface area contributed by atoms with Gasteiger partial charge in [-0.3, -0.25) is 16.1 Å². The number of aliphatic imine (C=N–C) groups is 1. The molecule has 1 aromatic heterocycles. The molecule has 0 fully saturated rings. The van der Waals surface area contributed by atoms with Gasteiger partial charge in [-0.15, -0.1) is 0 Å². The van der Waals surface area contributed by atoms with Crippen molar-refractivity contribution in [3.8, 4) is 0 Å². The summed E-state index contributed by atoms with van der Waals surface area (Å²) in [6.07, 6.45) is 1.58. The van der Waals surface area contributed by atoms with Crippen LogP contribution in [0.1, 0.15) is 5.69 Å². The minimum absolute atomic E-state index is 0.190. The monoisotopic (exact) mass is 149 g/mol. The van der Waals surface area contributed by atoms with Gasteiger partial charge < -0.3 is 0 Å². The summed E-state index contributed by atoms with van der Waals surface area (Å²) in [5, 5.41) is 5.31. The van der Waals surface area contributed by atoms with E-state index in [9.17, 15) is 0 Å². The van der Waals surface area contributed by atoms with Crippen molar-refractivity contribution in [2.75, 3.05) is 0 Å². The summed E-state index contributed by atoms with van der Waals surface area (Å²) in [5.41, 5.74) is 6.56. The average molecular weight is 149 g/mol. The summed E-state index contributed by atoms with van der Waals surface area (Å²) in [6.45, 7) is 3.36. The van der Waals surface area contributed by atoms with Crippen LogP contribution in [0.15, 0.2) is 23.3 Å². The van der Waals surface area contributed by atoms with Gasteiger partial charge in [0.2, 0.25) is 0 Å². The lowest BCUT2D eigenvalue weighted by atomic mass is 10.3. The van der Waals surface area contributed by atoms with Gasteiger partial charge in [-0.2, -0.15) is 0 Å². The highest BCUT2D eigenvalue weighted by atomic mass is 14.8. The average Bonchev–Trinajstić information content (AvgIpc) is 2.05. The maximum Gasteiger partial charge on any atom is 0.289 e. The largest absolute Gasteiger partial charge is 0.289 e. The first-order valence-corrected chi connectivity index (χ1v) is 3.05. The van der Waals surface area contributed by atoms with Gasteiger partial charge in [0.1, 0.15) is 0 Å². The van der Waals surface area contributed by atoms with E-state index in [1.807, 2.05) is 0 Å². The number of hydrogen-bond acceptors (Lipinski definition) is 2. The maximum absolute atomic E-state index is 5.31. The lowest BCUT2D eigenvalue weighted by Gasteiger charge is -1.93. The van der Waals surface area contributed by atoms with Crippen molar-refractivity contribution in [1.82, 2.24) is 4.98 Å². The molecule has 0 aromatic carbocycles. The first kappa shape index (κ1) is 7.40. The highest BCUT2D eigenvalue weighted by Gasteiger charge is 2.02. The Kier molecular flexibility index (Phi) is 1.96. The van der Waals surface area contributed by atoms with Gasteiger partial charge in [0.05, 0.1) is 5.69 Å². The molecule has 0 aliphatic rings. The number of hydrogen-bond donors (Lipinski definition) is 2. The Bertz CT molecular complexity index is 292. The molecule has 4 nitrogen and oxygen atoms in total. The summed E-state index contributed by atoms with van der Waals surface area (Å²) in [6, 6.07) is 3.39. The molecule has 0 amide bonds. The smallest absolute Gasteiger partial charge is 0.286 e. The van der Waals surface area contributed by atoms with E-state index in [-0.39, 0.29) is 5.84 Å². The van der Waals surface area contributed by atoms with Gasteiger partial charge >= 0.3 is 0 Å². The Hall–Kier alpha value is -1.71. The zero-order valence-electron chi connectivity index (χ0n) is 5.99. The van der Waals surface area contributed by atoms with E-state index >= 15 is 0 Å². The van der Waals surface area contributed by atoms with Gasteiger partial charge in [-0.05, 0) is 18.9 Å². The van der Waals surface area contributed by atoms with E-state index in [0.29, 0.717) is 11.4 Å². The van der Waals surface area contributed by atoms with Gasteiger partial charge in [0.25, 0.3) is 5.84 Å². The zero-order chi connectivity index (χ0) is 8.27. The molecule has 0 saturated carbocycles. The van der Waals surface area contributed by atoms with Crippen molar-refractivity contribution in [2.24, 2.45) is 10.7 Å². The molecule has 0 saturated heterocycles. The van der Waals surface area contributed by atoms with Gasteiger partial charge in [0, 0.05) is 6.20 Å². The van der Waals surface area contributed by atoms with E-state index < -0.39 is 0 Å². The van der Waals surface area contributed by atoms with Crippen molar-refractivity contribution in [1.29, 1.82) is 0 Å². The molecule has 0 atom stereocenters. The molecule has 4 N–H and O–H groups in total. The molecule has 0 radical (unpaired) electrons.